The lowest BCUT2D eigenvalue weighted by atomic mass is 10.1. The van der Waals surface area contributed by atoms with Crippen molar-refractivity contribution in [2.45, 2.75) is 20.0 Å². The average Bonchev–Trinajstić information content (AvgIpc) is 2.50. The molecule has 1 N–H and O–H groups in total. The van der Waals surface area contributed by atoms with E-state index < -0.39 is 6.10 Å². The van der Waals surface area contributed by atoms with Gasteiger partial charge in [0.25, 0.3) is 5.91 Å². The van der Waals surface area contributed by atoms with Crippen LogP contribution in [0.15, 0.2) is 59.8 Å². The van der Waals surface area contributed by atoms with Gasteiger partial charge in [-0.05, 0) is 37.1 Å². The Balaban J connectivity index is 1.88. The van der Waals surface area contributed by atoms with Crippen molar-refractivity contribution in [3.05, 3.63) is 65.7 Å². The molecule has 21 heavy (non-hydrogen) atoms. The largest absolute Gasteiger partial charge is 0.383 e. The second kappa shape index (κ2) is 7.24. The summed E-state index contributed by atoms with van der Waals surface area (Å²) in [5, 5.41) is 6.64. The van der Waals surface area contributed by atoms with Crippen LogP contribution in [0.3, 0.4) is 0 Å². The van der Waals surface area contributed by atoms with Gasteiger partial charge in [0.05, 0.1) is 6.21 Å². The van der Waals surface area contributed by atoms with Gasteiger partial charge >= 0.3 is 0 Å². The number of hydrogen-bond acceptors (Lipinski definition) is 3. The number of aryl methyl sites for hydroxylation is 1. The number of anilines is 1. The van der Waals surface area contributed by atoms with E-state index in [1.54, 1.807) is 13.1 Å². The summed E-state index contributed by atoms with van der Waals surface area (Å²) in [5.41, 5.74) is 2.81. The number of nitrogens with one attached hydrogen (secondary N) is 1. The SMILES string of the molecule is Cc1ccccc1/C=N\O[C@@H](C)C(=O)Nc1ccccc1. The van der Waals surface area contributed by atoms with Crippen molar-refractivity contribution < 1.29 is 9.63 Å². The van der Waals surface area contributed by atoms with E-state index in [0.717, 1.165) is 16.8 Å². The van der Waals surface area contributed by atoms with Gasteiger partial charge < -0.3 is 10.2 Å². The fourth-order valence-electron chi connectivity index (χ4n) is 1.72. The Morgan fingerprint density at radius 1 is 1.14 bits per heavy atom. The van der Waals surface area contributed by atoms with Crippen molar-refractivity contribution in [3.8, 4) is 0 Å². The highest BCUT2D eigenvalue weighted by molar-refractivity contribution is 5.93. The zero-order valence-electron chi connectivity index (χ0n) is 12.1. The Hall–Kier alpha value is -2.62. The van der Waals surface area contributed by atoms with Crippen molar-refractivity contribution in [3.63, 3.8) is 0 Å². The lowest BCUT2D eigenvalue weighted by Gasteiger charge is -2.10. The van der Waals surface area contributed by atoms with Crippen LogP contribution in [0.4, 0.5) is 5.69 Å². The zero-order valence-corrected chi connectivity index (χ0v) is 12.1. The molecule has 1 atom stereocenters. The minimum Gasteiger partial charge on any atom is -0.383 e. The number of amides is 1. The van der Waals surface area contributed by atoms with Crippen LogP contribution in [0.25, 0.3) is 0 Å². The predicted octanol–water partition coefficient (Wildman–Crippen LogP) is 3.37. The molecule has 0 aromatic heterocycles. The van der Waals surface area contributed by atoms with Crippen LogP contribution in [0, 0.1) is 6.92 Å². The molecule has 2 aromatic carbocycles. The van der Waals surface area contributed by atoms with E-state index in [4.69, 9.17) is 4.84 Å². The van der Waals surface area contributed by atoms with E-state index in [9.17, 15) is 4.79 Å². The number of benzene rings is 2. The van der Waals surface area contributed by atoms with Gasteiger partial charge in [-0.25, -0.2) is 0 Å². The second-order valence-corrected chi connectivity index (χ2v) is 4.69. The van der Waals surface area contributed by atoms with Gasteiger partial charge in [0.1, 0.15) is 0 Å². The number of carbonyl (C=O) groups is 1. The summed E-state index contributed by atoms with van der Waals surface area (Å²) in [4.78, 5) is 17.1. The molecule has 1 amide bonds. The third kappa shape index (κ3) is 4.45. The number of carbonyl (C=O) groups excluding carboxylic acids is 1. The monoisotopic (exact) mass is 282 g/mol. The summed E-state index contributed by atoms with van der Waals surface area (Å²) in [6, 6.07) is 17.1. The molecule has 0 aliphatic heterocycles. The lowest BCUT2D eigenvalue weighted by Crippen LogP contribution is -2.26. The minimum absolute atomic E-state index is 0.233. The van der Waals surface area contributed by atoms with Crippen LogP contribution in [0.5, 0.6) is 0 Å². The van der Waals surface area contributed by atoms with Crippen molar-refractivity contribution in [2.75, 3.05) is 5.32 Å². The van der Waals surface area contributed by atoms with Crippen LogP contribution in [0.2, 0.25) is 0 Å². The normalized spacial score (nSPS) is 12.1. The summed E-state index contributed by atoms with van der Waals surface area (Å²) >= 11 is 0. The average molecular weight is 282 g/mol. The number of nitrogens with zero attached hydrogens (tertiary/aromatic N) is 1. The first-order valence-electron chi connectivity index (χ1n) is 6.77. The van der Waals surface area contributed by atoms with Crippen molar-refractivity contribution in [2.24, 2.45) is 5.16 Å². The molecule has 4 heteroatoms. The van der Waals surface area contributed by atoms with Crippen LogP contribution in [0.1, 0.15) is 18.1 Å². The highest BCUT2D eigenvalue weighted by atomic mass is 16.6. The molecule has 0 bridgehead atoms. The van der Waals surface area contributed by atoms with Gasteiger partial charge in [-0.2, -0.15) is 0 Å². The van der Waals surface area contributed by atoms with Gasteiger partial charge in [0.2, 0.25) is 6.10 Å². The standard InChI is InChI=1S/C17H18N2O2/c1-13-8-6-7-9-15(13)12-18-21-14(2)17(20)19-16-10-4-3-5-11-16/h3-12,14H,1-2H3,(H,19,20)/b18-12-/t14-/m0/s1. The first kappa shape index (κ1) is 14.8. The molecular formula is C17H18N2O2. The van der Waals surface area contributed by atoms with E-state index in [0.29, 0.717) is 0 Å². The van der Waals surface area contributed by atoms with E-state index >= 15 is 0 Å². The Morgan fingerprint density at radius 2 is 1.81 bits per heavy atom. The molecule has 0 fully saturated rings. The molecule has 0 heterocycles. The smallest absolute Gasteiger partial charge is 0.267 e. The molecular weight excluding hydrogens is 264 g/mol. The van der Waals surface area contributed by atoms with Crippen LogP contribution in [-0.4, -0.2) is 18.2 Å². The maximum absolute atomic E-state index is 11.9. The Labute approximate surface area is 124 Å². The highest BCUT2D eigenvalue weighted by Crippen LogP contribution is 2.07. The molecule has 0 aliphatic carbocycles. The molecule has 0 unspecified atom stereocenters. The molecule has 4 nitrogen and oxygen atoms in total. The summed E-state index contributed by atoms with van der Waals surface area (Å²) in [6.45, 7) is 3.65. The zero-order chi connectivity index (χ0) is 15.1. The van der Waals surface area contributed by atoms with Crippen molar-refractivity contribution in [1.29, 1.82) is 0 Å². The number of hydrogen-bond donors (Lipinski definition) is 1. The fourth-order valence-corrected chi connectivity index (χ4v) is 1.72. The maximum Gasteiger partial charge on any atom is 0.267 e. The first-order chi connectivity index (χ1) is 10.2. The van der Waals surface area contributed by atoms with Gasteiger partial charge in [-0.1, -0.05) is 47.6 Å². The summed E-state index contributed by atoms with van der Waals surface area (Å²) in [7, 11) is 0. The van der Waals surface area contributed by atoms with E-state index in [2.05, 4.69) is 10.5 Å². The Morgan fingerprint density at radius 3 is 2.52 bits per heavy atom. The third-order valence-electron chi connectivity index (χ3n) is 3.01. The minimum atomic E-state index is -0.662. The quantitative estimate of drug-likeness (QED) is 0.675. The topological polar surface area (TPSA) is 50.7 Å². The molecule has 0 saturated carbocycles. The Bertz CT molecular complexity index is 624. The Kier molecular flexibility index (Phi) is 5.10. The number of oxime groups is 1. The molecule has 0 spiro atoms. The summed E-state index contributed by atoms with van der Waals surface area (Å²) < 4.78 is 0. The number of rotatable bonds is 5. The fraction of sp³-hybridized carbons (Fsp3) is 0.176. The summed E-state index contributed by atoms with van der Waals surface area (Å²) in [6.07, 6.45) is 0.951. The van der Waals surface area contributed by atoms with Crippen molar-refractivity contribution in [1.82, 2.24) is 0 Å². The third-order valence-corrected chi connectivity index (χ3v) is 3.01. The molecule has 0 saturated heterocycles. The van der Waals surface area contributed by atoms with Crippen LogP contribution < -0.4 is 5.32 Å². The van der Waals surface area contributed by atoms with Crippen molar-refractivity contribution >= 4 is 17.8 Å². The number of para-hydroxylation sites is 1. The van der Waals surface area contributed by atoms with E-state index in [1.165, 1.54) is 0 Å². The molecule has 2 rings (SSSR count). The van der Waals surface area contributed by atoms with Gasteiger partial charge in [-0.3, -0.25) is 4.79 Å². The van der Waals surface area contributed by atoms with Crippen LogP contribution >= 0.6 is 0 Å². The predicted molar refractivity (Wildman–Crippen MR) is 84.4 cm³/mol. The lowest BCUT2D eigenvalue weighted by molar-refractivity contribution is -0.126. The summed E-state index contributed by atoms with van der Waals surface area (Å²) in [5.74, 6) is -0.233. The van der Waals surface area contributed by atoms with Gasteiger partial charge in [0.15, 0.2) is 0 Å². The van der Waals surface area contributed by atoms with Gasteiger partial charge in [0, 0.05) is 5.69 Å². The van der Waals surface area contributed by atoms with E-state index in [1.807, 2.05) is 61.5 Å². The molecule has 108 valence electrons. The second-order valence-electron chi connectivity index (χ2n) is 4.69. The highest BCUT2D eigenvalue weighted by Gasteiger charge is 2.13. The first-order valence-corrected chi connectivity index (χ1v) is 6.77. The molecule has 2 aromatic rings. The molecule has 0 aliphatic rings. The maximum atomic E-state index is 11.9. The van der Waals surface area contributed by atoms with E-state index in [-0.39, 0.29) is 5.91 Å². The van der Waals surface area contributed by atoms with Gasteiger partial charge in [-0.15, -0.1) is 0 Å². The van der Waals surface area contributed by atoms with Crippen LogP contribution in [-0.2, 0) is 9.63 Å². The molecule has 0 radical (unpaired) electrons.